The number of amides is 1. The van der Waals surface area contributed by atoms with Gasteiger partial charge >= 0.3 is 0 Å². The Bertz CT molecular complexity index is 1290. The van der Waals surface area contributed by atoms with Gasteiger partial charge in [0.25, 0.3) is 5.91 Å². The molecule has 2 aromatic carbocycles. The van der Waals surface area contributed by atoms with Crippen molar-refractivity contribution in [3.63, 3.8) is 0 Å². The van der Waals surface area contributed by atoms with Gasteiger partial charge in [0.15, 0.2) is 5.65 Å². The highest BCUT2D eigenvalue weighted by molar-refractivity contribution is 5.96. The molecule has 1 fully saturated rings. The molecule has 5 rings (SSSR count). The summed E-state index contributed by atoms with van der Waals surface area (Å²) in [5.41, 5.74) is 5.63. The average Bonchev–Trinajstić information content (AvgIpc) is 3.31. The molecule has 0 atom stereocenters. The van der Waals surface area contributed by atoms with E-state index in [4.69, 9.17) is 9.72 Å². The molecule has 168 valence electrons. The topological polar surface area (TPSA) is 74.3 Å². The van der Waals surface area contributed by atoms with Gasteiger partial charge in [-0.05, 0) is 24.7 Å². The van der Waals surface area contributed by atoms with E-state index in [1.165, 1.54) is 0 Å². The second-order valence-electron chi connectivity index (χ2n) is 8.16. The van der Waals surface area contributed by atoms with Crippen LogP contribution >= 0.6 is 0 Å². The number of nitrogens with zero attached hydrogens (tertiary/aromatic N) is 4. The lowest BCUT2D eigenvalue weighted by atomic mass is 10.1. The molecule has 7 nitrogen and oxygen atoms in total. The van der Waals surface area contributed by atoms with Crippen LogP contribution in [0.2, 0.25) is 0 Å². The second kappa shape index (κ2) is 9.03. The summed E-state index contributed by atoms with van der Waals surface area (Å²) in [5.74, 6) is 0.847. The number of H-pyrrole nitrogens is 1. The minimum atomic E-state index is 0.0676. The number of rotatable bonds is 5. The lowest BCUT2D eigenvalue weighted by Gasteiger charge is -2.34. The average molecular weight is 442 g/mol. The molecule has 0 spiro atoms. The summed E-state index contributed by atoms with van der Waals surface area (Å²) in [6.07, 6.45) is 3.65. The Morgan fingerprint density at radius 3 is 2.67 bits per heavy atom. The number of methoxy groups -OCH3 is 1. The normalized spacial score (nSPS) is 14.5. The van der Waals surface area contributed by atoms with Gasteiger partial charge in [-0.1, -0.05) is 37.3 Å². The number of hydrogen-bond acceptors (Lipinski definition) is 5. The van der Waals surface area contributed by atoms with Crippen molar-refractivity contribution in [2.75, 3.05) is 39.8 Å². The molecule has 2 aromatic heterocycles. The molecular weight excluding hydrogens is 414 g/mol. The maximum atomic E-state index is 13.1. The Hall–Kier alpha value is -3.71. The Morgan fingerprint density at radius 1 is 1.06 bits per heavy atom. The van der Waals surface area contributed by atoms with E-state index in [0.717, 1.165) is 66.4 Å². The van der Waals surface area contributed by atoms with Crippen molar-refractivity contribution in [1.82, 2.24) is 24.8 Å². The number of fused-ring (bicyclic) bond motifs is 1. The van der Waals surface area contributed by atoms with E-state index in [1.54, 1.807) is 13.3 Å². The van der Waals surface area contributed by atoms with Crippen LogP contribution in [0.4, 0.5) is 0 Å². The smallest absolute Gasteiger partial charge is 0.253 e. The van der Waals surface area contributed by atoms with E-state index in [0.29, 0.717) is 11.2 Å². The van der Waals surface area contributed by atoms with Crippen molar-refractivity contribution < 1.29 is 9.53 Å². The van der Waals surface area contributed by atoms with Crippen LogP contribution in [-0.4, -0.2) is 70.5 Å². The minimum absolute atomic E-state index is 0.0676. The van der Waals surface area contributed by atoms with Gasteiger partial charge in [-0.2, -0.15) is 0 Å². The molecular formula is C26H27N5O2. The van der Waals surface area contributed by atoms with E-state index < -0.39 is 0 Å². The zero-order valence-corrected chi connectivity index (χ0v) is 18.9. The molecule has 1 amide bonds. The van der Waals surface area contributed by atoms with Gasteiger partial charge in [-0.15, -0.1) is 0 Å². The van der Waals surface area contributed by atoms with Crippen LogP contribution in [0.25, 0.3) is 33.5 Å². The van der Waals surface area contributed by atoms with Crippen molar-refractivity contribution in [3.05, 3.63) is 66.5 Å². The summed E-state index contributed by atoms with van der Waals surface area (Å²) >= 11 is 0. The largest absolute Gasteiger partial charge is 0.496 e. The van der Waals surface area contributed by atoms with Crippen molar-refractivity contribution in [1.29, 1.82) is 0 Å². The van der Waals surface area contributed by atoms with Gasteiger partial charge < -0.3 is 19.5 Å². The van der Waals surface area contributed by atoms with Crippen molar-refractivity contribution >= 4 is 17.1 Å². The third-order valence-electron chi connectivity index (χ3n) is 6.29. The fraction of sp³-hybridized carbons (Fsp3) is 0.269. The van der Waals surface area contributed by atoms with E-state index in [2.05, 4.69) is 21.8 Å². The zero-order chi connectivity index (χ0) is 22.8. The number of hydrogen-bond donors (Lipinski definition) is 1. The molecule has 0 radical (unpaired) electrons. The molecule has 0 aliphatic carbocycles. The first-order chi connectivity index (χ1) is 16.2. The molecule has 1 N–H and O–H groups in total. The predicted molar refractivity (Wildman–Crippen MR) is 129 cm³/mol. The first kappa shape index (κ1) is 21.2. The number of carbonyl (C=O) groups is 1. The van der Waals surface area contributed by atoms with Crippen molar-refractivity contribution in [2.24, 2.45) is 0 Å². The first-order valence-corrected chi connectivity index (χ1v) is 11.3. The maximum absolute atomic E-state index is 13.1. The predicted octanol–water partition coefficient (Wildman–Crippen LogP) is 4.08. The molecule has 1 saturated heterocycles. The molecule has 7 heteroatoms. The summed E-state index contributed by atoms with van der Waals surface area (Å²) in [6, 6.07) is 15.5. The van der Waals surface area contributed by atoms with Crippen LogP contribution in [0.1, 0.15) is 17.3 Å². The number of likely N-dealkylation sites (N-methyl/N-ethyl adjacent to an activating group) is 1. The molecule has 1 aliphatic heterocycles. The number of aromatic amines is 1. The van der Waals surface area contributed by atoms with E-state index in [-0.39, 0.29) is 5.91 Å². The van der Waals surface area contributed by atoms with Gasteiger partial charge in [0, 0.05) is 54.6 Å². The highest BCUT2D eigenvalue weighted by atomic mass is 16.5. The van der Waals surface area contributed by atoms with Crippen molar-refractivity contribution in [2.45, 2.75) is 6.92 Å². The van der Waals surface area contributed by atoms with Gasteiger partial charge in [0.05, 0.1) is 19.0 Å². The number of nitrogens with one attached hydrogen (secondary N) is 1. The zero-order valence-electron chi connectivity index (χ0n) is 18.9. The number of piperazine rings is 1. The summed E-state index contributed by atoms with van der Waals surface area (Å²) < 4.78 is 5.54. The summed E-state index contributed by atoms with van der Waals surface area (Å²) in [5, 5.41) is 0. The maximum Gasteiger partial charge on any atom is 0.253 e. The van der Waals surface area contributed by atoms with Crippen LogP contribution in [0, 0.1) is 0 Å². The number of ether oxygens (including phenoxy) is 1. The summed E-state index contributed by atoms with van der Waals surface area (Å²) in [6.45, 7) is 6.53. The van der Waals surface area contributed by atoms with Crippen molar-refractivity contribution in [3.8, 4) is 28.1 Å². The third-order valence-corrected chi connectivity index (χ3v) is 6.29. The highest BCUT2D eigenvalue weighted by Crippen LogP contribution is 2.34. The number of para-hydroxylation sites is 1. The molecule has 0 bridgehead atoms. The lowest BCUT2D eigenvalue weighted by molar-refractivity contribution is 0.0643. The number of benzene rings is 2. The van der Waals surface area contributed by atoms with Gasteiger partial charge in [0.2, 0.25) is 0 Å². The Labute approximate surface area is 193 Å². The third kappa shape index (κ3) is 4.07. The molecule has 4 aromatic rings. The fourth-order valence-electron chi connectivity index (χ4n) is 4.36. The molecule has 3 heterocycles. The number of carbonyl (C=O) groups excluding carboxylic acids is 1. The first-order valence-electron chi connectivity index (χ1n) is 11.3. The molecule has 0 unspecified atom stereocenters. The second-order valence-corrected chi connectivity index (χ2v) is 8.16. The quantitative estimate of drug-likeness (QED) is 0.505. The Kier molecular flexibility index (Phi) is 5.79. The van der Waals surface area contributed by atoms with E-state index >= 15 is 0 Å². The molecule has 0 saturated carbocycles. The van der Waals surface area contributed by atoms with Gasteiger partial charge in [-0.3, -0.25) is 4.79 Å². The van der Waals surface area contributed by atoms with Gasteiger partial charge in [-0.25, -0.2) is 9.97 Å². The number of aromatic nitrogens is 3. The van der Waals surface area contributed by atoms with Crippen LogP contribution in [-0.2, 0) is 0 Å². The summed E-state index contributed by atoms with van der Waals surface area (Å²) in [7, 11) is 1.66. The van der Waals surface area contributed by atoms with Gasteiger partial charge in [0.1, 0.15) is 11.3 Å². The lowest BCUT2D eigenvalue weighted by Crippen LogP contribution is -2.48. The van der Waals surface area contributed by atoms with Crippen LogP contribution < -0.4 is 4.74 Å². The van der Waals surface area contributed by atoms with Crippen LogP contribution in [0.3, 0.4) is 0 Å². The molecule has 1 aliphatic rings. The SMILES string of the molecule is CCN1CCN(C(=O)c2cccc(-c3cnc4[nH]cc(-c5ccccc5OC)c4n3)c2)CC1. The monoisotopic (exact) mass is 441 g/mol. The minimum Gasteiger partial charge on any atom is -0.496 e. The highest BCUT2D eigenvalue weighted by Gasteiger charge is 2.22. The van der Waals surface area contributed by atoms with Crippen LogP contribution in [0.5, 0.6) is 5.75 Å². The Balaban J connectivity index is 1.47. The fourth-order valence-corrected chi connectivity index (χ4v) is 4.36. The Morgan fingerprint density at radius 2 is 1.88 bits per heavy atom. The van der Waals surface area contributed by atoms with E-state index in [9.17, 15) is 4.79 Å². The molecule has 33 heavy (non-hydrogen) atoms. The van der Waals surface area contributed by atoms with Crippen LogP contribution in [0.15, 0.2) is 60.9 Å². The van der Waals surface area contributed by atoms with E-state index in [1.807, 2.05) is 59.6 Å². The standard InChI is InChI=1S/C26H27N5O2/c1-3-30-11-13-31(14-12-30)26(32)19-8-6-7-18(15-19)22-17-28-25-24(29-22)21(16-27-25)20-9-4-5-10-23(20)33-2/h4-10,15-17H,3,11-14H2,1-2H3,(H,27,28). The summed E-state index contributed by atoms with van der Waals surface area (Å²) in [4.78, 5) is 30.1.